The third-order valence-electron chi connectivity index (χ3n) is 3.57. The highest BCUT2D eigenvalue weighted by Gasteiger charge is 2.35. The van der Waals surface area contributed by atoms with Gasteiger partial charge in [0.15, 0.2) is 0 Å². The molecule has 0 aromatic carbocycles. The van der Waals surface area contributed by atoms with Gasteiger partial charge in [0.1, 0.15) is 0 Å². The van der Waals surface area contributed by atoms with Crippen LogP contribution in [0.3, 0.4) is 0 Å². The molecule has 0 radical (unpaired) electrons. The van der Waals surface area contributed by atoms with Gasteiger partial charge < -0.3 is 0 Å². The van der Waals surface area contributed by atoms with Gasteiger partial charge in [0.25, 0.3) is 0 Å². The molecule has 0 aromatic rings. The molecule has 1 N–H and O–H groups in total. The summed E-state index contributed by atoms with van der Waals surface area (Å²) in [6, 6.07) is 0. The van der Waals surface area contributed by atoms with Gasteiger partial charge >= 0.3 is 0 Å². The van der Waals surface area contributed by atoms with Crippen LogP contribution >= 0.6 is 0 Å². The van der Waals surface area contributed by atoms with E-state index in [0.717, 1.165) is 5.92 Å². The first kappa shape index (κ1) is 11.0. The largest absolute Gasteiger partial charge is 0.252 e. The van der Waals surface area contributed by atoms with Gasteiger partial charge in [-0.05, 0) is 43.4 Å². The molecule has 0 bridgehead atoms. The second-order valence-corrected chi connectivity index (χ2v) is 4.92. The first-order chi connectivity index (χ1) is 6.06. The van der Waals surface area contributed by atoms with Crippen LogP contribution in [0.25, 0.3) is 0 Å². The van der Waals surface area contributed by atoms with Gasteiger partial charge in [0.2, 0.25) is 0 Å². The van der Waals surface area contributed by atoms with Crippen LogP contribution in [0, 0.1) is 23.7 Å². The molecule has 2 nitrogen and oxygen atoms in total. The fraction of sp³-hybridized carbons (Fsp3) is 1.00. The lowest BCUT2D eigenvalue weighted by Gasteiger charge is -2.40. The Kier molecular flexibility index (Phi) is 3.74. The van der Waals surface area contributed by atoms with Gasteiger partial charge in [-0.3, -0.25) is 5.26 Å². The van der Waals surface area contributed by atoms with Crippen molar-refractivity contribution in [3.05, 3.63) is 0 Å². The summed E-state index contributed by atoms with van der Waals surface area (Å²) in [4.78, 5) is 4.47. The third kappa shape index (κ3) is 2.44. The lowest BCUT2D eigenvalue weighted by molar-refractivity contribution is -0.294. The van der Waals surface area contributed by atoms with Gasteiger partial charge in [-0.15, -0.1) is 0 Å². The number of hydrogen-bond donors (Lipinski definition) is 1. The lowest BCUT2D eigenvalue weighted by atomic mass is 9.68. The first-order valence-corrected chi connectivity index (χ1v) is 5.36. The second kappa shape index (κ2) is 4.43. The zero-order chi connectivity index (χ0) is 10.0. The molecule has 0 saturated heterocycles. The van der Waals surface area contributed by atoms with E-state index in [2.05, 4.69) is 25.7 Å². The summed E-state index contributed by atoms with van der Waals surface area (Å²) >= 11 is 0. The molecule has 2 heteroatoms. The number of rotatable bonds is 2. The summed E-state index contributed by atoms with van der Waals surface area (Å²) in [5.74, 6) is 2.68. The maximum Gasteiger partial charge on any atom is 0.0932 e. The highest BCUT2D eigenvalue weighted by Crippen LogP contribution is 2.40. The van der Waals surface area contributed by atoms with Crippen molar-refractivity contribution in [1.29, 1.82) is 0 Å². The van der Waals surface area contributed by atoms with Gasteiger partial charge in [-0.2, -0.15) is 0 Å². The molecule has 1 rings (SSSR count). The van der Waals surface area contributed by atoms with Gasteiger partial charge in [0.05, 0.1) is 6.10 Å². The molecule has 0 heterocycles. The van der Waals surface area contributed by atoms with E-state index in [4.69, 9.17) is 5.26 Å². The van der Waals surface area contributed by atoms with E-state index in [0.29, 0.717) is 17.8 Å². The minimum absolute atomic E-state index is 0.0162. The maximum absolute atomic E-state index is 8.69. The van der Waals surface area contributed by atoms with Gasteiger partial charge in [0, 0.05) is 0 Å². The van der Waals surface area contributed by atoms with E-state index >= 15 is 0 Å². The Bertz CT molecular complexity index is 146. The van der Waals surface area contributed by atoms with Crippen molar-refractivity contribution in [2.45, 2.75) is 46.6 Å². The zero-order valence-corrected chi connectivity index (χ0v) is 9.16. The average Bonchev–Trinajstić information content (AvgIpc) is 2.02. The van der Waals surface area contributed by atoms with E-state index in [1.54, 1.807) is 0 Å². The lowest BCUT2D eigenvalue weighted by Crippen LogP contribution is -2.36. The van der Waals surface area contributed by atoms with Crippen molar-refractivity contribution in [3.8, 4) is 0 Å². The summed E-state index contributed by atoms with van der Waals surface area (Å²) in [6.45, 7) is 8.82. The van der Waals surface area contributed by atoms with Crippen molar-refractivity contribution in [1.82, 2.24) is 0 Å². The highest BCUT2D eigenvalue weighted by molar-refractivity contribution is 4.83. The normalized spacial score (nSPS) is 43.2. The van der Waals surface area contributed by atoms with Crippen LogP contribution in [0.4, 0.5) is 0 Å². The van der Waals surface area contributed by atoms with Gasteiger partial charge in [-0.25, -0.2) is 4.89 Å². The Morgan fingerprint density at radius 2 is 1.62 bits per heavy atom. The topological polar surface area (TPSA) is 29.5 Å². The van der Waals surface area contributed by atoms with Crippen LogP contribution < -0.4 is 0 Å². The molecule has 1 aliphatic rings. The molecule has 0 spiro atoms. The van der Waals surface area contributed by atoms with E-state index < -0.39 is 0 Å². The fourth-order valence-electron chi connectivity index (χ4n) is 3.24. The van der Waals surface area contributed by atoms with Crippen LogP contribution in [0.1, 0.15) is 40.5 Å². The van der Waals surface area contributed by atoms with Crippen molar-refractivity contribution < 1.29 is 10.1 Å². The predicted octanol–water partition coefficient (Wildman–Crippen LogP) is 3.18. The molecule has 0 amide bonds. The molecule has 1 fully saturated rings. The maximum atomic E-state index is 8.69. The van der Waals surface area contributed by atoms with E-state index in [1.807, 2.05) is 6.92 Å². The summed E-state index contributed by atoms with van der Waals surface area (Å²) < 4.78 is 0. The highest BCUT2D eigenvalue weighted by atomic mass is 17.1. The molecule has 1 aliphatic carbocycles. The molecule has 0 aromatic heterocycles. The quantitative estimate of drug-likeness (QED) is 0.530. The molecule has 0 aliphatic heterocycles. The summed E-state index contributed by atoms with van der Waals surface area (Å²) in [7, 11) is 0. The first-order valence-electron chi connectivity index (χ1n) is 5.36. The monoisotopic (exact) mass is 186 g/mol. The standard InChI is InChI=1S/C11H22O2/c1-7-5-8(2)11(9(3)6-7)10(4)13-12/h7-12H,5-6H2,1-4H3. The molecular formula is C11H22O2. The minimum Gasteiger partial charge on any atom is -0.252 e. The average molecular weight is 186 g/mol. The second-order valence-electron chi connectivity index (χ2n) is 4.92. The molecule has 13 heavy (non-hydrogen) atoms. The van der Waals surface area contributed by atoms with Gasteiger partial charge in [-0.1, -0.05) is 20.8 Å². The summed E-state index contributed by atoms with van der Waals surface area (Å²) in [5.41, 5.74) is 0. The van der Waals surface area contributed by atoms with Crippen LogP contribution in [0.15, 0.2) is 0 Å². The van der Waals surface area contributed by atoms with Crippen LogP contribution in [0.2, 0.25) is 0 Å². The van der Waals surface area contributed by atoms with E-state index in [-0.39, 0.29) is 6.10 Å². The zero-order valence-electron chi connectivity index (χ0n) is 9.16. The fourth-order valence-corrected chi connectivity index (χ4v) is 3.24. The van der Waals surface area contributed by atoms with E-state index in [9.17, 15) is 0 Å². The molecule has 78 valence electrons. The Morgan fingerprint density at radius 3 is 2.00 bits per heavy atom. The SMILES string of the molecule is CC1CC(C)C(C(C)OO)C(C)C1. The van der Waals surface area contributed by atoms with Crippen LogP contribution in [-0.4, -0.2) is 11.4 Å². The third-order valence-corrected chi connectivity index (χ3v) is 3.57. The Balaban J connectivity index is 2.61. The summed E-state index contributed by atoms with van der Waals surface area (Å²) in [5, 5.41) is 8.69. The van der Waals surface area contributed by atoms with Crippen molar-refractivity contribution in [2.24, 2.45) is 23.7 Å². The van der Waals surface area contributed by atoms with Crippen LogP contribution in [0.5, 0.6) is 0 Å². The van der Waals surface area contributed by atoms with Crippen molar-refractivity contribution in [2.75, 3.05) is 0 Å². The predicted molar refractivity (Wildman–Crippen MR) is 53.4 cm³/mol. The molecule has 3 atom stereocenters. The van der Waals surface area contributed by atoms with Crippen LogP contribution in [-0.2, 0) is 4.89 Å². The minimum atomic E-state index is -0.0162. The Morgan fingerprint density at radius 1 is 1.15 bits per heavy atom. The molecule has 3 unspecified atom stereocenters. The number of hydrogen-bond acceptors (Lipinski definition) is 2. The Labute approximate surface area is 81.2 Å². The Hall–Kier alpha value is -0.0800. The molecule has 1 saturated carbocycles. The van der Waals surface area contributed by atoms with Crippen molar-refractivity contribution >= 4 is 0 Å². The molecular weight excluding hydrogens is 164 g/mol. The van der Waals surface area contributed by atoms with E-state index in [1.165, 1.54) is 12.8 Å². The smallest absolute Gasteiger partial charge is 0.0932 e. The van der Waals surface area contributed by atoms with Crippen molar-refractivity contribution in [3.63, 3.8) is 0 Å². The summed E-state index contributed by atoms with van der Waals surface area (Å²) in [6.07, 6.45) is 2.52.